The monoisotopic (exact) mass is 216 g/mol. The van der Waals surface area contributed by atoms with Crippen molar-refractivity contribution in [2.75, 3.05) is 0 Å². The minimum atomic E-state index is -0.124. The van der Waals surface area contributed by atoms with Crippen LogP contribution in [0.3, 0.4) is 0 Å². The fourth-order valence-electron chi connectivity index (χ4n) is 3.99. The highest BCUT2D eigenvalue weighted by Crippen LogP contribution is 2.67. The zero-order chi connectivity index (χ0) is 11.7. The van der Waals surface area contributed by atoms with Gasteiger partial charge in [-0.1, -0.05) is 19.4 Å². The minimum absolute atomic E-state index is 0.0891. The molecular formula is C14H16O2. The lowest BCUT2D eigenvalue weighted by atomic mass is 9.63. The summed E-state index contributed by atoms with van der Waals surface area (Å²) in [5, 5.41) is 0. The summed E-state index contributed by atoms with van der Waals surface area (Å²) in [6.45, 7) is 6.21. The third-order valence-corrected chi connectivity index (χ3v) is 4.90. The van der Waals surface area contributed by atoms with E-state index in [1.54, 1.807) is 12.2 Å². The van der Waals surface area contributed by atoms with E-state index >= 15 is 0 Å². The molecule has 3 rings (SSSR count). The highest BCUT2D eigenvalue weighted by molar-refractivity contribution is 6.04. The normalized spacial score (nSPS) is 39.6. The van der Waals surface area contributed by atoms with E-state index in [0.29, 0.717) is 12.2 Å². The first kappa shape index (κ1) is 10.0. The standard InChI is InChI=1S/C14H16O2/c1-8-4-9(15)5-12-13(2,3)10-6-14(8,12)7-11(10)16/h4-5,10H,6-7H2,1-3H3. The largest absolute Gasteiger partial charge is 0.299 e. The third-order valence-electron chi connectivity index (χ3n) is 4.90. The number of allylic oxidation sites excluding steroid dienone is 4. The molecule has 2 atom stereocenters. The predicted octanol–water partition coefficient (Wildman–Crippen LogP) is 2.45. The van der Waals surface area contributed by atoms with Gasteiger partial charge >= 0.3 is 0 Å². The summed E-state index contributed by atoms with van der Waals surface area (Å²) < 4.78 is 0. The number of rotatable bonds is 0. The van der Waals surface area contributed by atoms with Crippen molar-refractivity contribution in [3.63, 3.8) is 0 Å². The first-order valence-corrected chi connectivity index (χ1v) is 5.86. The second kappa shape index (κ2) is 2.55. The first-order valence-electron chi connectivity index (χ1n) is 5.86. The molecule has 0 saturated heterocycles. The van der Waals surface area contributed by atoms with Crippen LogP contribution in [0.15, 0.2) is 23.3 Å². The maximum Gasteiger partial charge on any atom is 0.178 e. The molecule has 2 nitrogen and oxygen atoms in total. The van der Waals surface area contributed by atoms with Crippen molar-refractivity contribution in [3.8, 4) is 0 Å². The van der Waals surface area contributed by atoms with Crippen molar-refractivity contribution < 1.29 is 9.59 Å². The summed E-state index contributed by atoms with van der Waals surface area (Å²) in [5.74, 6) is 0.587. The van der Waals surface area contributed by atoms with Crippen LogP contribution in [0, 0.1) is 16.7 Å². The Hall–Kier alpha value is -1.18. The van der Waals surface area contributed by atoms with Crippen LogP contribution in [0.1, 0.15) is 33.6 Å². The molecule has 0 N–H and O–H groups in total. The maximum atomic E-state index is 12.0. The maximum absolute atomic E-state index is 12.0. The minimum Gasteiger partial charge on any atom is -0.299 e. The summed E-state index contributed by atoms with van der Waals surface area (Å²) in [7, 11) is 0. The van der Waals surface area contributed by atoms with Crippen molar-refractivity contribution >= 4 is 11.6 Å². The molecule has 0 aromatic heterocycles. The molecule has 3 aliphatic rings. The second-order valence-electron chi connectivity index (χ2n) is 5.99. The Morgan fingerprint density at radius 1 is 1.25 bits per heavy atom. The van der Waals surface area contributed by atoms with Gasteiger partial charge in [0.1, 0.15) is 5.78 Å². The van der Waals surface area contributed by atoms with Crippen LogP contribution < -0.4 is 0 Å². The van der Waals surface area contributed by atoms with E-state index in [-0.39, 0.29) is 22.5 Å². The molecule has 0 radical (unpaired) electrons. The Labute approximate surface area is 95.4 Å². The summed E-state index contributed by atoms with van der Waals surface area (Å²) >= 11 is 0. The van der Waals surface area contributed by atoms with E-state index < -0.39 is 0 Å². The van der Waals surface area contributed by atoms with Crippen molar-refractivity contribution in [1.29, 1.82) is 0 Å². The van der Waals surface area contributed by atoms with Gasteiger partial charge < -0.3 is 0 Å². The Balaban J connectivity index is 2.24. The smallest absolute Gasteiger partial charge is 0.178 e. The lowest BCUT2D eigenvalue weighted by Crippen LogP contribution is -2.36. The van der Waals surface area contributed by atoms with Crippen LogP contribution in [-0.2, 0) is 9.59 Å². The molecule has 0 aromatic carbocycles. The number of carbonyl (C=O) groups excluding carboxylic acids is 2. The number of fused-ring (bicyclic) bond motifs is 1. The molecule has 0 aromatic rings. The molecule has 0 amide bonds. The predicted molar refractivity (Wildman–Crippen MR) is 60.8 cm³/mol. The van der Waals surface area contributed by atoms with Crippen molar-refractivity contribution in [2.45, 2.75) is 33.6 Å². The molecule has 2 fully saturated rings. The summed E-state index contributed by atoms with van der Waals surface area (Å²) in [6.07, 6.45) is 5.02. The van der Waals surface area contributed by atoms with Gasteiger partial charge in [0.2, 0.25) is 0 Å². The van der Waals surface area contributed by atoms with Crippen LogP contribution in [0.2, 0.25) is 0 Å². The van der Waals surface area contributed by atoms with Gasteiger partial charge in [0, 0.05) is 17.8 Å². The lowest BCUT2D eigenvalue weighted by Gasteiger charge is -2.40. The molecular weight excluding hydrogens is 200 g/mol. The van der Waals surface area contributed by atoms with Gasteiger partial charge in [-0.3, -0.25) is 9.59 Å². The van der Waals surface area contributed by atoms with Gasteiger partial charge in [0.15, 0.2) is 5.78 Å². The van der Waals surface area contributed by atoms with Crippen molar-refractivity contribution in [1.82, 2.24) is 0 Å². The summed E-state index contributed by atoms with van der Waals surface area (Å²) in [6, 6.07) is 0. The van der Waals surface area contributed by atoms with Crippen LogP contribution in [0.25, 0.3) is 0 Å². The molecule has 84 valence electrons. The molecule has 3 aliphatic carbocycles. The van der Waals surface area contributed by atoms with Crippen molar-refractivity contribution in [2.24, 2.45) is 16.7 Å². The van der Waals surface area contributed by atoms with Crippen LogP contribution in [0.5, 0.6) is 0 Å². The Morgan fingerprint density at radius 3 is 2.62 bits per heavy atom. The number of hydrogen-bond donors (Lipinski definition) is 0. The van der Waals surface area contributed by atoms with Gasteiger partial charge in [-0.05, 0) is 36.5 Å². The van der Waals surface area contributed by atoms with E-state index in [9.17, 15) is 9.59 Å². The van der Waals surface area contributed by atoms with Crippen LogP contribution in [-0.4, -0.2) is 11.6 Å². The first-order chi connectivity index (χ1) is 7.38. The lowest BCUT2D eigenvalue weighted by molar-refractivity contribution is -0.124. The van der Waals surface area contributed by atoms with E-state index in [2.05, 4.69) is 13.8 Å². The number of hydrogen-bond acceptors (Lipinski definition) is 2. The highest BCUT2D eigenvalue weighted by atomic mass is 16.1. The zero-order valence-corrected chi connectivity index (χ0v) is 9.96. The zero-order valence-electron chi connectivity index (χ0n) is 9.96. The fraction of sp³-hybridized carbons (Fsp3) is 0.571. The molecule has 2 bridgehead atoms. The molecule has 2 unspecified atom stereocenters. The van der Waals surface area contributed by atoms with Gasteiger partial charge in [-0.15, -0.1) is 0 Å². The van der Waals surface area contributed by atoms with Crippen molar-refractivity contribution in [3.05, 3.63) is 23.3 Å². The highest BCUT2D eigenvalue weighted by Gasteiger charge is 2.63. The molecule has 16 heavy (non-hydrogen) atoms. The Morgan fingerprint density at radius 2 is 1.94 bits per heavy atom. The number of carbonyl (C=O) groups is 2. The van der Waals surface area contributed by atoms with Crippen LogP contribution in [0.4, 0.5) is 0 Å². The Kier molecular flexibility index (Phi) is 1.60. The molecule has 0 aliphatic heterocycles. The third kappa shape index (κ3) is 0.892. The van der Waals surface area contributed by atoms with E-state index in [0.717, 1.165) is 12.0 Å². The van der Waals surface area contributed by atoms with E-state index in [4.69, 9.17) is 0 Å². The quantitative estimate of drug-likeness (QED) is 0.623. The van der Waals surface area contributed by atoms with Gasteiger partial charge in [-0.2, -0.15) is 0 Å². The van der Waals surface area contributed by atoms with Gasteiger partial charge in [-0.25, -0.2) is 0 Å². The van der Waals surface area contributed by atoms with E-state index in [1.807, 2.05) is 6.92 Å². The SMILES string of the molecule is CC1=CC(=O)C=C2C13CC(=O)C(C3)C2(C)C. The average Bonchev–Trinajstić information content (AvgIpc) is 2.60. The number of Topliss-reactive ketones (excluding diaryl/α,β-unsaturated/α-hetero) is 1. The summed E-state index contributed by atoms with van der Waals surface area (Å²) in [5.41, 5.74) is 2.07. The molecule has 1 spiro atoms. The fourth-order valence-corrected chi connectivity index (χ4v) is 3.99. The molecule has 2 heteroatoms. The van der Waals surface area contributed by atoms with E-state index in [1.165, 1.54) is 5.57 Å². The van der Waals surface area contributed by atoms with Gasteiger partial charge in [0.05, 0.1) is 0 Å². The Bertz CT molecular complexity index is 479. The van der Waals surface area contributed by atoms with Crippen LogP contribution >= 0.6 is 0 Å². The second-order valence-corrected chi connectivity index (χ2v) is 5.99. The van der Waals surface area contributed by atoms with Gasteiger partial charge in [0.25, 0.3) is 0 Å². The average molecular weight is 216 g/mol. The molecule has 0 heterocycles. The topological polar surface area (TPSA) is 34.1 Å². The molecule has 2 saturated carbocycles. The summed E-state index contributed by atoms with van der Waals surface area (Å²) in [4.78, 5) is 23.6. The number of ketones is 2.